The maximum atomic E-state index is 12.3. The molecule has 0 aromatic heterocycles. The van der Waals surface area contributed by atoms with Gasteiger partial charge in [-0.3, -0.25) is 14.6 Å². The highest BCUT2D eigenvalue weighted by Crippen LogP contribution is 2.14. The van der Waals surface area contributed by atoms with Crippen LogP contribution in [0.15, 0.2) is 54.6 Å². The fourth-order valence-corrected chi connectivity index (χ4v) is 3.64. The van der Waals surface area contributed by atoms with E-state index in [0.29, 0.717) is 19.0 Å². The second kappa shape index (κ2) is 9.88. The first-order valence-corrected chi connectivity index (χ1v) is 9.99. The van der Waals surface area contributed by atoms with Gasteiger partial charge in [0, 0.05) is 44.3 Å². The summed E-state index contributed by atoms with van der Waals surface area (Å²) in [6.45, 7) is 7.99. The van der Waals surface area contributed by atoms with Crippen molar-refractivity contribution in [2.75, 3.05) is 39.3 Å². The molecule has 2 aromatic carbocycles. The zero-order chi connectivity index (χ0) is 19.1. The van der Waals surface area contributed by atoms with Crippen LogP contribution in [-0.4, -0.2) is 55.0 Å². The minimum Gasteiger partial charge on any atom is -0.354 e. The standard InChI is InChI=1S/C22H28ClN3O/c1-18(20-7-3-2-4-8-20)15-24-22(27)17-26-12-10-25(11-13-26)16-19-6-5-9-21(23)14-19/h2-9,14,18H,10-13,15-17H2,1H3,(H,24,27)/t18-/m0/s1. The number of piperazine rings is 1. The molecule has 1 amide bonds. The average Bonchev–Trinajstić information content (AvgIpc) is 2.68. The van der Waals surface area contributed by atoms with Gasteiger partial charge in [0.15, 0.2) is 0 Å². The summed E-state index contributed by atoms with van der Waals surface area (Å²) in [5.74, 6) is 0.436. The molecule has 0 radical (unpaired) electrons. The summed E-state index contributed by atoms with van der Waals surface area (Å²) in [7, 11) is 0. The van der Waals surface area contributed by atoms with Gasteiger partial charge in [-0.1, -0.05) is 61.0 Å². The first kappa shape index (κ1) is 19.9. The van der Waals surface area contributed by atoms with Crippen molar-refractivity contribution in [2.45, 2.75) is 19.4 Å². The third-order valence-electron chi connectivity index (χ3n) is 5.10. The molecule has 3 rings (SSSR count). The average molecular weight is 386 g/mol. The molecule has 0 aliphatic carbocycles. The molecular formula is C22H28ClN3O. The Morgan fingerprint density at radius 2 is 1.74 bits per heavy atom. The number of hydrogen-bond donors (Lipinski definition) is 1. The van der Waals surface area contributed by atoms with Crippen LogP contribution in [0.2, 0.25) is 5.02 Å². The van der Waals surface area contributed by atoms with Crippen LogP contribution in [0.3, 0.4) is 0 Å². The van der Waals surface area contributed by atoms with E-state index in [1.165, 1.54) is 11.1 Å². The van der Waals surface area contributed by atoms with Crippen LogP contribution < -0.4 is 5.32 Å². The van der Waals surface area contributed by atoms with Gasteiger partial charge >= 0.3 is 0 Å². The maximum Gasteiger partial charge on any atom is 0.234 e. The molecule has 27 heavy (non-hydrogen) atoms. The van der Waals surface area contributed by atoms with Crippen molar-refractivity contribution in [3.8, 4) is 0 Å². The Kier molecular flexibility index (Phi) is 7.27. The van der Waals surface area contributed by atoms with E-state index >= 15 is 0 Å². The monoisotopic (exact) mass is 385 g/mol. The predicted molar refractivity (Wildman–Crippen MR) is 111 cm³/mol. The zero-order valence-corrected chi connectivity index (χ0v) is 16.7. The molecule has 4 nitrogen and oxygen atoms in total. The van der Waals surface area contributed by atoms with Gasteiger partial charge in [-0.2, -0.15) is 0 Å². The topological polar surface area (TPSA) is 35.6 Å². The lowest BCUT2D eigenvalue weighted by atomic mass is 10.0. The molecule has 144 valence electrons. The minimum atomic E-state index is 0.112. The molecule has 1 saturated heterocycles. The van der Waals surface area contributed by atoms with E-state index < -0.39 is 0 Å². The van der Waals surface area contributed by atoms with Crippen molar-refractivity contribution in [1.29, 1.82) is 0 Å². The molecule has 1 N–H and O–H groups in total. The summed E-state index contributed by atoms with van der Waals surface area (Å²) >= 11 is 6.06. The van der Waals surface area contributed by atoms with E-state index in [0.717, 1.165) is 37.7 Å². The van der Waals surface area contributed by atoms with E-state index in [-0.39, 0.29) is 5.91 Å². The summed E-state index contributed by atoms with van der Waals surface area (Å²) < 4.78 is 0. The van der Waals surface area contributed by atoms with Crippen molar-refractivity contribution in [3.05, 3.63) is 70.7 Å². The van der Waals surface area contributed by atoms with E-state index in [9.17, 15) is 4.79 Å². The lowest BCUT2D eigenvalue weighted by Gasteiger charge is -2.34. The van der Waals surface area contributed by atoms with E-state index in [1.54, 1.807) is 0 Å². The summed E-state index contributed by atoms with van der Waals surface area (Å²) in [6.07, 6.45) is 0. The van der Waals surface area contributed by atoms with Gasteiger partial charge in [0.25, 0.3) is 0 Å². The van der Waals surface area contributed by atoms with Crippen LogP contribution >= 0.6 is 11.6 Å². The molecule has 0 unspecified atom stereocenters. The SMILES string of the molecule is C[C@@H](CNC(=O)CN1CCN(Cc2cccc(Cl)c2)CC1)c1ccccc1. The van der Waals surface area contributed by atoms with E-state index in [2.05, 4.69) is 40.2 Å². The number of carbonyl (C=O) groups is 1. The molecule has 1 aliphatic rings. The van der Waals surface area contributed by atoms with Gasteiger partial charge in [-0.25, -0.2) is 0 Å². The van der Waals surface area contributed by atoms with Crippen molar-refractivity contribution in [1.82, 2.24) is 15.1 Å². The zero-order valence-electron chi connectivity index (χ0n) is 15.9. The highest BCUT2D eigenvalue weighted by molar-refractivity contribution is 6.30. The number of nitrogens with zero attached hydrogens (tertiary/aromatic N) is 2. The van der Waals surface area contributed by atoms with Gasteiger partial charge in [-0.15, -0.1) is 0 Å². The second-order valence-corrected chi connectivity index (χ2v) is 7.73. The third kappa shape index (κ3) is 6.35. The Bertz CT molecular complexity index is 729. The Hall–Kier alpha value is -1.88. The summed E-state index contributed by atoms with van der Waals surface area (Å²) in [5, 5.41) is 3.86. The summed E-state index contributed by atoms with van der Waals surface area (Å²) in [6, 6.07) is 18.3. The quantitative estimate of drug-likeness (QED) is 0.793. The summed E-state index contributed by atoms with van der Waals surface area (Å²) in [4.78, 5) is 16.9. The molecule has 0 spiro atoms. The number of nitrogens with one attached hydrogen (secondary N) is 1. The normalized spacial score (nSPS) is 16.8. The predicted octanol–water partition coefficient (Wildman–Crippen LogP) is 3.38. The van der Waals surface area contributed by atoms with Crippen molar-refractivity contribution in [3.63, 3.8) is 0 Å². The van der Waals surface area contributed by atoms with Crippen LogP contribution in [0.25, 0.3) is 0 Å². The van der Waals surface area contributed by atoms with Crippen molar-refractivity contribution < 1.29 is 4.79 Å². The van der Waals surface area contributed by atoms with Gasteiger partial charge in [0.1, 0.15) is 0 Å². The molecule has 2 aromatic rings. The minimum absolute atomic E-state index is 0.112. The number of hydrogen-bond acceptors (Lipinski definition) is 3. The van der Waals surface area contributed by atoms with Crippen molar-refractivity contribution in [2.24, 2.45) is 0 Å². The Labute approximate surface area is 167 Å². The third-order valence-corrected chi connectivity index (χ3v) is 5.34. The fraction of sp³-hybridized carbons (Fsp3) is 0.409. The lowest BCUT2D eigenvalue weighted by Crippen LogP contribution is -2.49. The highest BCUT2D eigenvalue weighted by atomic mass is 35.5. The Morgan fingerprint density at radius 1 is 1.04 bits per heavy atom. The van der Waals surface area contributed by atoms with Crippen LogP contribution in [0.4, 0.5) is 0 Å². The van der Waals surface area contributed by atoms with E-state index in [1.807, 2.05) is 36.4 Å². The number of benzene rings is 2. The van der Waals surface area contributed by atoms with Gasteiger partial charge in [-0.05, 0) is 29.2 Å². The van der Waals surface area contributed by atoms with Crippen LogP contribution in [-0.2, 0) is 11.3 Å². The number of carbonyl (C=O) groups excluding carboxylic acids is 1. The molecule has 5 heteroatoms. The maximum absolute atomic E-state index is 12.3. The number of rotatable bonds is 7. The molecular weight excluding hydrogens is 358 g/mol. The fourth-order valence-electron chi connectivity index (χ4n) is 3.42. The van der Waals surface area contributed by atoms with Gasteiger partial charge in [0.05, 0.1) is 6.54 Å². The van der Waals surface area contributed by atoms with Crippen LogP contribution in [0, 0.1) is 0 Å². The second-order valence-electron chi connectivity index (χ2n) is 7.30. The van der Waals surface area contributed by atoms with E-state index in [4.69, 9.17) is 11.6 Å². The van der Waals surface area contributed by atoms with Crippen molar-refractivity contribution >= 4 is 17.5 Å². The molecule has 1 heterocycles. The molecule has 1 fully saturated rings. The van der Waals surface area contributed by atoms with Gasteiger partial charge < -0.3 is 5.32 Å². The van der Waals surface area contributed by atoms with Gasteiger partial charge in [0.2, 0.25) is 5.91 Å². The lowest BCUT2D eigenvalue weighted by molar-refractivity contribution is -0.122. The Balaban J connectivity index is 1.36. The highest BCUT2D eigenvalue weighted by Gasteiger charge is 2.19. The molecule has 0 saturated carbocycles. The van der Waals surface area contributed by atoms with Crippen LogP contribution in [0.5, 0.6) is 0 Å². The largest absolute Gasteiger partial charge is 0.354 e. The first-order chi connectivity index (χ1) is 13.1. The molecule has 1 aliphatic heterocycles. The first-order valence-electron chi connectivity index (χ1n) is 9.61. The number of amides is 1. The molecule has 0 bridgehead atoms. The van der Waals surface area contributed by atoms with Crippen LogP contribution in [0.1, 0.15) is 24.0 Å². The summed E-state index contributed by atoms with van der Waals surface area (Å²) in [5.41, 5.74) is 2.50. The smallest absolute Gasteiger partial charge is 0.234 e. The molecule has 1 atom stereocenters. The number of halogens is 1. The Morgan fingerprint density at radius 3 is 2.44 bits per heavy atom.